The van der Waals surface area contributed by atoms with Crippen LogP contribution in [0.2, 0.25) is 6.04 Å². The van der Waals surface area contributed by atoms with E-state index in [1.165, 1.54) is 0 Å². The molecule has 0 radical (unpaired) electrons. The molecule has 1 nitrogen and oxygen atoms in total. The highest BCUT2D eigenvalue weighted by Gasteiger charge is 1.97. The van der Waals surface area contributed by atoms with Crippen molar-refractivity contribution in [3.8, 4) is 0 Å². The fraction of sp³-hybridized carbons (Fsp3) is 1.00. The van der Waals surface area contributed by atoms with Crippen LogP contribution in [0.3, 0.4) is 0 Å². The molecular weight excluding hydrogens is 149 g/mol. The van der Waals surface area contributed by atoms with Gasteiger partial charge in [-0.1, -0.05) is 0 Å². The van der Waals surface area contributed by atoms with Crippen LogP contribution in [0.5, 0.6) is 0 Å². The molecule has 0 aromatic carbocycles. The van der Waals surface area contributed by atoms with Crippen molar-refractivity contribution in [3.05, 3.63) is 0 Å². The Labute approximate surface area is 54.8 Å². The van der Waals surface area contributed by atoms with Gasteiger partial charge < -0.3 is 5.73 Å². The molecule has 0 unspecified atom stereocenters. The number of hydrogen-bond donors (Lipinski definition) is 1. The molecule has 44 valence electrons. The first kappa shape index (κ1) is 7.76. The van der Waals surface area contributed by atoms with E-state index in [2.05, 4.69) is 0 Å². The second kappa shape index (κ2) is 4.90. The van der Waals surface area contributed by atoms with Crippen molar-refractivity contribution < 1.29 is 0 Å². The van der Waals surface area contributed by atoms with Crippen LogP contribution < -0.4 is 5.73 Å². The van der Waals surface area contributed by atoms with Crippen molar-refractivity contribution in [1.29, 1.82) is 0 Å². The largest absolute Gasteiger partial charge is 0.330 e. The van der Waals surface area contributed by atoms with E-state index in [-0.39, 0.29) is 0 Å². The topological polar surface area (TPSA) is 26.0 Å². The third kappa shape index (κ3) is 6.76. The lowest BCUT2D eigenvalue weighted by atomic mass is 10.5. The van der Waals surface area contributed by atoms with Gasteiger partial charge >= 0.3 is 0 Å². The monoisotopic (exact) mass is 157 g/mol. The van der Waals surface area contributed by atoms with Crippen molar-refractivity contribution in [2.45, 2.75) is 12.5 Å². The fourth-order valence-corrected chi connectivity index (χ4v) is 1.74. The third-order valence-corrected chi connectivity index (χ3v) is 2.78. The maximum absolute atomic E-state index is 5.51. The second-order valence-electron chi connectivity index (χ2n) is 1.32. The van der Waals surface area contributed by atoms with Crippen LogP contribution in [-0.2, 0) is 0 Å². The minimum absolute atomic E-state index is 0.711. The summed E-state index contributed by atoms with van der Waals surface area (Å²) in [4.78, 5) is 0. The van der Waals surface area contributed by atoms with Crippen LogP contribution in [0.4, 0.5) is 0 Å². The Morgan fingerprint density at radius 1 is 1.43 bits per heavy atom. The van der Waals surface area contributed by atoms with Gasteiger partial charge in [0.1, 0.15) is 0 Å². The first-order valence-corrected chi connectivity index (χ1v) is 6.56. The molecule has 0 aliphatic heterocycles. The second-order valence-corrected chi connectivity index (χ2v) is 6.51. The molecule has 0 atom stereocenters. The molecule has 0 fully saturated rings. The molecule has 0 aliphatic carbocycles. The average molecular weight is 158 g/mol. The van der Waals surface area contributed by atoms with E-state index >= 15 is 0 Å². The zero-order valence-electron chi connectivity index (χ0n) is 4.03. The minimum atomic E-state index is -1.32. The van der Waals surface area contributed by atoms with E-state index in [4.69, 9.17) is 27.9 Å². The maximum Gasteiger partial charge on any atom is 0.237 e. The molecule has 0 aromatic heterocycles. The predicted molar refractivity (Wildman–Crippen MR) is 37.3 cm³/mol. The highest BCUT2D eigenvalue weighted by Crippen LogP contribution is 2.03. The van der Waals surface area contributed by atoms with Crippen LogP contribution in [0.1, 0.15) is 6.42 Å². The van der Waals surface area contributed by atoms with Crippen LogP contribution in [0, 0.1) is 0 Å². The highest BCUT2D eigenvalue weighted by molar-refractivity contribution is 7.33. The lowest BCUT2D eigenvalue weighted by Crippen LogP contribution is -2.01. The highest BCUT2D eigenvalue weighted by atomic mass is 35.7. The summed E-state index contributed by atoms with van der Waals surface area (Å²) in [6.07, 6.45) is 0.976. The van der Waals surface area contributed by atoms with Crippen molar-refractivity contribution in [1.82, 2.24) is 0 Å². The normalized spacial score (nSPS) is 10.3. The van der Waals surface area contributed by atoms with Crippen LogP contribution in [0.15, 0.2) is 0 Å². The van der Waals surface area contributed by atoms with E-state index < -0.39 is 7.42 Å². The Morgan fingerprint density at radius 3 is 2.14 bits per heavy atom. The Hall–Kier alpha value is 0.757. The molecule has 0 saturated heterocycles. The summed E-state index contributed by atoms with van der Waals surface area (Å²) in [6.45, 7) is 0.711. The first-order chi connectivity index (χ1) is 3.27. The van der Waals surface area contributed by atoms with Gasteiger partial charge in [0.15, 0.2) is 0 Å². The van der Waals surface area contributed by atoms with Crippen LogP contribution in [-0.4, -0.2) is 14.0 Å². The van der Waals surface area contributed by atoms with Crippen molar-refractivity contribution in [2.75, 3.05) is 6.54 Å². The standard InChI is InChI=1S/C3H9Cl2NSi/c4-7(5)3-1-2-6/h7H,1-3,6H2. The van der Waals surface area contributed by atoms with Gasteiger partial charge in [-0.2, -0.15) is 22.2 Å². The molecule has 0 aliphatic rings. The van der Waals surface area contributed by atoms with E-state index in [9.17, 15) is 0 Å². The lowest BCUT2D eigenvalue weighted by molar-refractivity contribution is 0.927. The van der Waals surface area contributed by atoms with Gasteiger partial charge in [0.25, 0.3) is 0 Å². The first-order valence-electron chi connectivity index (χ1n) is 2.25. The van der Waals surface area contributed by atoms with E-state index in [0.717, 1.165) is 12.5 Å². The van der Waals surface area contributed by atoms with Gasteiger partial charge in [0.2, 0.25) is 7.42 Å². The van der Waals surface area contributed by atoms with Crippen molar-refractivity contribution in [2.24, 2.45) is 5.73 Å². The molecule has 4 heteroatoms. The molecule has 0 rings (SSSR count). The zero-order valence-corrected chi connectivity index (χ0v) is 6.70. The molecule has 0 bridgehead atoms. The summed E-state index contributed by atoms with van der Waals surface area (Å²) in [7, 11) is -1.32. The average Bonchev–Trinajstić information content (AvgIpc) is 1.61. The van der Waals surface area contributed by atoms with Crippen molar-refractivity contribution >= 4 is 29.6 Å². The van der Waals surface area contributed by atoms with E-state index in [1.54, 1.807) is 0 Å². The third-order valence-electron chi connectivity index (χ3n) is 0.626. The molecule has 0 saturated carbocycles. The van der Waals surface area contributed by atoms with E-state index in [1.807, 2.05) is 0 Å². The Balaban J connectivity index is 2.68. The zero-order chi connectivity index (χ0) is 5.70. The molecule has 2 N–H and O–H groups in total. The Bertz CT molecular complexity index is 41.9. The minimum Gasteiger partial charge on any atom is -0.330 e. The van der Waals surface area contributed by atoms with Gasteiger partial charge in [-0.3, -0.25) is 0 Å². The van der Waals surface area contributed by atoms with Crippen LogP contribution >= 0.6 is 22.2 Å². The van der Waals surface area contributed by atoms with Gasteiger partial charge in [0, 0.05) is 0 Å². The van der Waals surface area contributed by atoms with Gasteiger partial charge in [0.05, 0.1) is 0 Å². The summed E-state index contributed by atoms with van der Waals surface area (Å²) < 4.78 is 0. The predicted octanol–water partition coefficient (Wildman–Crippen LogP) is 1.03. The van der Waals surface area contributed by atoms with Gasteiger partial charge in [-0.25, -0.2) is 0 Å². The summed E-state index contributed by atoms with van der Waals surface area (Å²) >= 11 is 11.0. The summed E-state index contributed by atoms with van der Waals surface area (Å²) in [5.41, 5.74) is 5.18. The fourth-order valence-electron chi connectivity index (χ4n) is 0.272. The quantitative estimate of drug-likeness (QED) is 0.481. The van der Waals surface area contributed by atoms with Gasteiger partial charge in [-0.05, 0) is 19.0 Å². The van der Waals surface area contributed by atoms with Gasteiger partial charge in [-0.15, -0.1) is 0 Å². The number of rotatable bonds is 3. The maximum atomic E-state index is 5.51. The van der Waals surface area contributed by atoms with Crippen molar-refractivity contribution in [3.63, 3.8) is 0 Å². The number of halogens is 2. The molecule has 0 aromatic rings. The smallest absolute Gasteiger partial charge is 0.237 e. The van der Waals surface area contributed by atoms with E-state index in [0.29, 0.717) is 6.54 Å². The van der Waals surface area contributed by atoms with Crippen LogP contribution in [0.25, 0.3) is 0 Å². The molecule has 0 spiro atoms. The summed E-state index contributed by atoms with van der Waals surface area (Å²) in [5, 5.41) is 0. The Kier molecular flexibility index (Phi) is 5.44. The summed E-state index contributed by atoms with van der Waals surface area (Å²) in [6, 6.07) is 0.944. The lowest BCUT2D eigenvalue weighted by Gasteiger charge is -1.92. The number of nitrogens with two attached hydrogens (primary N) is 1. The molecule has 7 heavy (non-hydrogen) atoms. The SMILES string of the molecule is NCCC[SiH](Cl)Cl. The molecular formula is C3H9Cl2NSi. The Morgan fingerprint density at radius 2 is 2.00 bits per heavy atom. The molecule has 0 amide bonds. The number of hydrogen-bond acceptors (Lipinski definition) is 1. The summed E-state index contributed by atoms with van der Waals surface area (Å²) in [5.74, 6) is 0. The molecule has 0 heterocycles.